The third-order valence-corrected chi connectivity index (χ3v) is 5.09. The average molecular weight is 334 g/mol. The van der Waals surface area contributed by atoms with Crippen molar-refractivity contribution in [3.63, 3.8) is 0 Å². The van der Waals surface area contributed by atoms with Crippen molar-refractivity contribution in [3.05, 3.63) is 54.1 Å². The molecule has 0 radical (unpaired) electrons. The molecule has 3 aromatic rings. The van der Waals surface area contributed by atoms with Gasteiger partial charge in [-0.15, -0.1) is 0 Å². The first-order chi connectivity index (χ1) is 12.1. The van der Waals surface area contributed by atoms with Crippen LogP contribution in [-0.2, 0) is 0 Å². The third-order valence-electron chi connectivity index (χ3n) is 5.09. The molecule has 2 heterocycles. The number of fused-ring (bicyclic) bond motifs is 1. The highest BCUT2D eigenvalue weighted by atomic mass is 16.5. The van der Waals surface area contributed by atoms with Gasteiger partial charge in [0.05, 0.1) is 5.39 Å². The maximum Gasteiger partial charge on any atom is 0.254 e. The van der Waals surface area contributed by atoms with Crippen molar-refractivity contribution < 1.29 is 9.32 Å². The lowest BCUT2D eigenvalue weighted by atomic mass is 10.0. The van der Waals surface area contributed by atoms with Gasteiger partial charge in [-0.1, -0.05) is 49.3 Å². The first-order valence-electron chi connectivity index (χ1n) is 8.91. The van der Waals surface area contributed by atoms with Crippen LogP contribution in [0.5, 0.6) is 0 Å². The summed E-state index contributed by atoms with van der Waals surface area (Å²) in [6.45, 7) is 5.22. The molecule has 1 aromatic heterocycles. The van der Waals surface area contributed by atoms with Gasteiger partial charge < -0.3 is 9.42 Å². The van der Waals surface area contributed by atoms with Crippen LogP contribution in [0.4, 0.5) is 0 Å². The number of hydrogen-bond acceptors (Lipinski definition) is 3. The summed E-state index contributed by atoms with van der Waals surface area (Å²) in [6.07, 6.45) is 2.17. The largest absolute Gasteiger partial charge is 0.355 e. The number of hydrogen-bond donors (Lipinski definition) is 0. The van der Waals surface area contributed by atoms with Gasteiger partial charge in [0.15, 0.2) is 5.76 Å². The molecule has 4 heteroatoms. The van der Waals surface area contributed by atoms with Crippen LogP contribution in [-0.4, -0.2) is 28.6 Å². The minimum absolute atomic E-state index is 0.110. The van der Waals surface area contributed by atoms with Crippen LogP contribution in [0.3, 0.4) is 0 Å². The van der Waals surface area contributed by atoms with Crippen LogP contribution in [0.1, 0.15) is 37.0 Å². The molecule has 1 fully saturated rings. The van der Waals surface area contributed by atoms with Gasteiger partial charge in [-0.2, -0.15) is 0 Å². The predicted molar refractivity (Wildman–Crippen MR) is 98.3 cm³/mol. The summed E-state index contributed by atoms with van der Waals surface area (Å²) in [5, 5.41) is 5.02. The molecule has 1 unspecified atom stereocenters. The topological polar surface area (TPSA) is 46.3 Å². The number of likely N-dealkylation sites (tertiary alicyclic amines) is 1. The molecule has 1 atom stereocenters. The number of carbonyl (C=O) groups excluding carboxylic acids is 1. The standard InChI is InChI=1S/C21H22N2O2/c1-14(2)19-9-6-12-23(19)21(24)16-10-11-18-17(13-16)20(25-22-18)15-7-4-3-5-8-15/h3-5,7-8,10-11,13-14,19H,6,9,12H2,1-2H3. The zero-order chi connectivity index (χ0) is 17.4. The predicted octanol–water partition coefficient (Wildman–Crippen LogP) is 4.76. The average Bonchev–Trinajstić information content (AvgIpc) is 3.28. The Morgan fingerprint density at radius 3 is 2.76 bits per heavy atom. The highest BCUT2D eigenvalue weighted by Gasteiger charge is 2.31. The summed E-state index contributed by atoms with van der Waals surface area (Å²) >= 11 is 0. The Hall–Kier alpha value is -2.62. The second-order valence-electron chi connectivity index (χ2n) is 7.06. The maximum atomic E-state index is 13.1. The quantitative estimate of drug-likeness (QED) is 0.694. The molecule has 0 bridgehead atoms. The Bertz CT molecular complexity index is 899. The maximum absolute atomic E-state index is 13.1. The van der Waals surface area contributed by atoms with Gasteiger partial charge in [-0.25, -0.2) is 0 Å². The smallest absolute Gasteiger partial charge is 0.254 e. The highest BCUT2D eigenvalue weighted by Crippen LogP contribution is 2.31. The van der Waals surface area contributed by atoms with Crippen molar-refractivity contribution in [3.8, 4) is 11.3 Å². The summed E-state index contributed by atoms with van der Waals surface area (Å²) < 4.78 is 5.55. The molecular weight excluding hydrogens is 312 g/mol. The van der Waals surface area contributed by atoms with Gasteiger partial charge in [-0.05, 0) is 37.0 Å². The highest BCUT2D eigenvalue weighted by molar-refractivity contribution is 6.01. The molecule has 1 amide bonds. The number of benzene rings is 2. The normalized spacial score (nSPS) is 17.6. The van der Waals surface area contributed by atoms with E-state index in [0.717, 1.165) is 35.9 Å². The molecule has 4 rings (SSSR count). The number of aromatic nitrogens is 1. The first kappa shape index (κ1) is 15.9. The fourth-order valence-corrected chi connectivity index (χ4v) is 3.78. The Balaban J connectivity index is 1.73. The van der Waals surface area contributed by atoms with E-state index >= 15 is 0 Å². The first-order valence-corrected chi connectivity index (χ1v) is 8.91. The molecule has 128 valence electrons. The minimum atomic E-state index is 0.110. The van der Waals surface area contributed by atoms with Crippen LogP contribution < -0.4 is 0 Å². The van der Waals surface area contributed by atoms with Gasteiger partial charge in [0, 0.05) is 23.7 Å². The fourth-order valence-electron chi connectivity index (χ4n) is 3.78. The molecule has 0 spiro atoms. The SMILES string of the molecule is CC(C)C1CCCN1C(=O)c1ccc2noc(-c3ccccc3)c2c1. The summed E-state index contributed by atoms with van der Waals surface area (Å²) in [6, 6.07) is 15.9. The lowest BCUT2D eigenvalue weighted by Crippen LogP contribution is -2.38. The number of carbonyl (C=O) groups is 1. The van der Waals surface area contributed by atoms with Gasteiger partial charge in [-0.3, -0.25) is 4.79 Å². The Morgan fingerprint density at radius 2 is 2.00 bits per heavy atom. The van der Waals surface area contributed by atoms with Crippen molar-refractivity contribution >= 4 is 16.8 Å². The zero-order valence-corrected chi connectivity index (χ0v) is 14.6. The van der Waals surface area contributed by atoms with Crippen LogP contribution >= 0.6 is 0 Å². The summed E-state index contributed by atoms with van der Waals surface area (Å²) in [7, 11) is 0. The molecule has 0 saturated carbocycles. The summed E-state index contributed by atoms with van der Waals surface area (Å²) in [5.74, 6) is 1.30. The van der Waals surface area contributed by atoms with Crippen LogP contribution in [0.15, 0.2) is 53.1 Å². The molecule has 4 nitrogen and oxygen atoms in total. The summed E-state index contributed by atoms with van der Waals surface area (Å²) in [5.41, 5.74) is 2.45. The molecule has 1 aliphatic rings. The van der Waals surface area contributed by atoms with E-state index in [-0.39, 0.29) is 5.91 Å². The number of amides is 1. The third kappa shape index (κ3) is 2.82. The van der Waals surface area contributed by atoms with Crippen LogP contribution in [0.25, 0.3) is 22.2 Å². The van der Waals surface area contributed by atoms with Crippen molar-refractivity contribution in [2.24, 2.45) is 5.92 Å². The van der Waals surface area contributed by atoms with Gasteiger partial charge in [0.25, 0.3) is 5.91 Å². The number of rotatable bonds is 3. The van der Waals surface area contributed by atoms with E-state index in [9.17, 15) is 4.79 Å². The second-order valence-corrected chi connectivity index (χ2v) is 7.06. The van der Waals surface area contributed by atoms with Crippen molar-refractivity contribution in [1.29, 1.82) is 0 Å². The van der Waals surface area contributed by atoms with E-state index in [1.165, 1.54) is 0 Å². The molecule has 1 aliphatic heterocycles. The van der Waals surface area contributed by atoms with E-state index < -0.39 is 0 Å². The van der Waals surface area contributed by atoms with E-state index in [0.29, 0.717) is 23.3 Å². The Labute approximate surface area is 147 Å². The molecular formula is C21H22N2O2. The van der Waals surface area contributed by atoms with E-state index in [1.54, 1.807) is 0 Å². The van der Waals surface area contributed by atoms with Crippen molar-refractivity contribution in [2.45, 2.75) is 32.7 Å². The Morgan fingerprint density at radius 1 is 1.20 bits per heavy atom. The zero-order valence-electron chi connectivity index (χ0n) is 14.6. The van der Waals surface area contributed by atoms with Crippen molar-refractivity contribution in [2.75, 3.05) is 6.54 Å². The molecule has 2 aromatic carbocycles. The number of nitrogens with zero attached hydrogens (tertiary/aromatic N) is 2. The second kappa shape index (κ2) is 6.36. The van der Waals surface area contributed by atoms with Crippen LogP contribution in [0, 0.1) is 5.92 Å². The van der Waals surface area contributed by atoms with Crippen LogP contribution in [0.2, 0.25) is 0 Å². The van der Waals surface area contributed by atoms with Gasteiger partial charge in [0.1, 0.15) is 5.52 Å². The van der Waals surface area contributed by atoms with E-state index in [2.05, 4.69) is 19.0 Å². The van der Waals surface area contributed by atoms with Gasteiger partial charge >= 0.3 is 0 Å². The molecule has 1 saturated heterocycles. The summed E-state index contributed by atoms with van der Waals surface area (Å²) in [4.78, 5) is 15.1. The molecule has 25 heavy (non-hydrogen) atoms. The fraction of sp³-hybridized carbons (Fsp3) is 0.333. The van der Waals surface area contributed by atoms with E-state index in [4.69, 9.17) is 4.52 Å². The van der Waals surface area contributed by atoms with E-state index in [1.807, 2.05) is 53.4 Å². The lowest BCUT2D eigenvalue weighted by Gasteiger charge is -2.27. The van der Waals surface area contributed by atoms with Gasteiger partial charge in [0.2, 0.25) is 0 Å². The molecule has 0 aliphatic carbocycles. The monoisotopic (exact) mass is 334 g/mol. The minimum Gasteiger partial charge on any atom is -0.355 e. The lowest BCUT2D eigenvalue weighted by molar-refractivity contribution is 0.0702. The van der Waals surface area contributed by atoms with Crippen molar-refractivity contribution in [1.82, 2.24) is 10.1 Å². The molecule has 0 N–H and O–H groups in total. The Kier molecular flexibility index (Phi) is 4.04.